The molecule has 1 atom stereocenters. The number of imidazole rings is 1. The molecule has 0 saturated carbocycles. The lowest BCUT2D eigenvalue weighted by atomic mass is 9.90. The average molecular weight is 393 g/mol. The number of nitrogens with zero attached hydrogens (tertiary/aromatic N) is 2. The number of aromatic amines is 1. The summed E-state index contributed by atoms with van der Waals surface area (Å²) in [5.41, 5.74) is 2.63. The second-order valence-electron chi connectivity index (χ2n) is 7.02. The van der Waals surface area contributed by atoms with Gasteiger partial charge < -0.3 is 14.8 Å². The van der Waals surface area contributed by atoms with Crippen molar-refractivity contribution in [1.82, 2.24) is 9.97 Å². The average Bonchev–Trinajstić information content (AvgIpc) is 3.30. The zero-order valence-corrected chi connectivity index (χ0v) is 16.2. The van der Waals surface area contributed by atoms with Gasteiger partial charge in [0.1, 0.15) is 23.1 Å². The summed E-state index contributed by atoms with van der Waals surface area (Å²) in [6, 6.07) is 11.2. The van der Waals surface area contributed by atoms with Gasteiger partial charge in [0.05, 0.1) is 11.0 Å². The zero-order chi connectivity index (χ0) is 19.7. The maximum atomic E-state index is 12.4. The van der Waals surface area contributed by atoms with Gasteiger partial charge in [-0.15, -0.1) is 11.3 Å². The molecule has 0 radical (unpaired) electrons. The molecular weight excluding hydrogens is 374 g/mol. The molecule has 0 spiro atoms. The lowest BCUT2D eigenvalue weighted by Gasteiger charge is -2.16. The number of benzene rings is 1. The van der Waals surface area contributed by atoms with E-state index in [9.17, 15) is 15.2 Å². The Labute approximate surface area is 166 Å². The highest BCUT2D eigenvalue weighted by Gasteiger charge is 2.22. The molecule has 2 N–H and O–H groups in total. The predicted octanol–water partition coefficient (Wildman–Crippen LogP) is 4.40. The number of allylic oxidation sites excluding steroid dienone is 1. The van der Waals surface area contributed by atoms with Crippen LogP contribution in [0, 0.1) is 17.2 Å². The van der Waals surface area contributed by atoms with Gasteiger partial charge in [-0.1, -0.05) is 19.1 Å². The molecule has 1 aliphatic carbocycles. The van der Waals surface area contributed by atoms with Gasteiger partial charge in [-0.25, -0.2) is 9.78 Å². The maximum Gasteiger partial charge on any atom is 0.348 e. The fourth-order valence-corrected chi connectivity index (χ4v) is 4.51. The molecule has 2 aromatic heterocycles. The lowest BCUT2D eigenvalue weighted by Crippen LogP contribution is -2.08. The molecule has 0 saturated heterocycles. The van der Waals surface area contributed by atoms with E-state index in [0.29, 0.717) is 16.3 Å². The van der Waals surface area contributed by atoms with Crippen molar-refractivity contribution in [3.63, 3.8) is 0 Å². The molecule has 3 aromatic rings. The molecule has 0 fully saturated rings. The molecule has 6 nitrogen and oxygen atoms in total. The molecule has 4 rings (SSSR count). The Morgan fingerprint density at radius 2 is 2.29 bits per heavy atom. The van der Waals surface area contributed by atoms with E-state index in [-0.39, 0.29) is 23.8 Å². The first-order chi connectivity index (χ1) is 13.5. The number of nitrogens with one attached hydrogen (secondary N) is 1. The molecular formula is C21H19N3O3S. The standard InChI is InChI=1S/C21H19N3O3S/c1-12-6-7-18-13(8-12)9-19(28-18)21(26)27-11-17(25)14(10-22)20-23-15-4-2-3-5-16(15)24-20/h2-5,9,12,25H,6-8,11H2,1H3,(H,23,24)/b17-14-. The van der Waals surface area contributed by atoms with Crippen molar-refractivity contribution in [2.75, 3.05) is 6.61 Å². The third-order valence-corrected chi connectivity index (χ3v) is 6.11. The SMILES string of the molecule is CC1CCc2sc(C(=O)OC/C(O)=C(\C#N)c3nc4ccccc4[nH]3)cc2C1. The van der Waals surface area contributed by atoms with Crippen LogP contribution in [0.2, 0.25) is 0 Å². The van der Waals surface area contributed by atoms with Crippen molar-refractivity contribution in [1.29, 1.82) is 5.26 Å². The van der Waals surface area contributed by atoms with E-state index < -0.39 is 5.97 Å². The van der Waals surface area contributed by atoms with Gasteiger partial charge in [0.15, 0.2) is 11.6 Å². The number of aryl methyl sites for hydroxylation is 1. The van der Waals surface area contributed by atoms with E-state index >= 15 is 0 Å². The van der Waals surface area contributed by atoms with Crippen LogP contribution in [0.25, 0.3) is 16.6 Å². The number of rotatable bonds is 4. The minimum atomic E-state index is -0.486. The second kappa shape index (κ2) is 7.49. The van der Waals surface area contributed by atoms with E-state index in [1.165, 1.54) is 21.8 Å². The minimum absolute atomic E-state index is 0.0386. The normalized spacial score (nSPS) is 16.9. The van der Waals surface area contributed by atoms with Crippen LogP contribution in [0.1, 0.15) is 39.3 Å². The van der Waals surface area contributed by atoms with Crippen LogP contribution in [-0.2, 0) is 17.6 Å². The third-order valence-electron chi connectivity index (χ3n) is 4.90. The molecule has 142 valence electrons. The fourth-order valence-electron chi connectivity index (χ4n) is 3.41. The minimum Gasteiger partial charge on any atom is -0.507 e. The third kappa shape index (κ3) is 3.51. The summed E-state index contributed by atoms with van der Waals surface area (Å²) >= 11 is 1.45. The van der Waals surface area contributed by atoms with E-state index in [4.69, 9.17) is 4.74 Å². The summed E-state index contributed by atoms with van der Waals surface area (Å²) < 4.78 is 5.24. The summed E-state index contributed by atoms with van der Waals surface area (Å²) in [6.07, 6.45) is 3.10. The van der Waals surface area contributed by atoms with Crippen LogP contribution in [0.5, 0.6) is 0 Å². The van der Waals surface area contributed by atoms with E-state index in [2.05, 4.69) is 16.9 Å². The number of nitriles is 1. The van der Waals surface area contributed by atoms with Crippen LogP contribution in [0.4, 0.5) is 0 Å². The van der Waals surface area contributed by atoms with Crippen molar-refractivity contribution in [2.45, 2.75) is 26.2 Å². The Morgan fingerprint density at radius 3 is 3.07 bits per heavy atom. The summed E-state index contributed by atoms with van der Waals surface area (Å²) in [6.45, 7) is 1.83. The molecule has 1 unspecified atom stereocenters. The smallest absolute Gasteiger partial charge is 0.348 e. The van der Waals surface area contributed by atoms with Crippen LogP contribution >= 0.6 is 11.3 Å². The molecule has 0 bridgehead atoms. The number of esters is 1. The van der Waals surface area contributed by atoms with Gasteiger partial charge >= 0.3 is 5.97 Å². The lowest BCUT2D eigenvalue weighted by molar-refractivity contribution is 0.0508. The first-order valence-corrected chi connectivity index (χ1v) is 9.93. The molecule has 7 heteroatoms. The van der Waals surface area contributed by atoms with Gasteiger partial charge in [-0.05, 0) is 48.9 Å². The van der Waals surface area contributed by atoms with Crippen LogP contribution in [-0.4, -0.2) is 27.7 Å². The highest BCUT2D eigenvalue weighted by atomic mass is 32.1. The van der Waals surface area contributed by atoms with Crippen molar-refractivity contribution in [2.24, 2.45) is 5.92 Å². The number of hydrogen-bond donors (Lipinski definition) is 2. The fraction of sp³-hybridized carbons (Fsp3) is 0.286. The maximum absolute atomic E-state index is 12.4. The van der Waals surface area contributed by atoms with Crippen molar-refractivity contribution in [3.05, 3.63) is 57.2 Å². The number of carbonyl (C=O) groups is 1. The monoisotopic (exact) mass is 393 g/mol. The second-order valence-corrected chi connectivity index (χ2v) is 8.16. The number of aliphatic hydroxyl groups excluding tert-OH is 1. The summed E-state index contributed by atoms with van der Waals surface area (Å²) in [5.74, 6) is 0.0584. The number of ether oxygens (including phenoxy) is 1. The molecule has 0 amide bonds. The highest BCUT2D eigenvalue weighted by molar-refractivity contribution is 7.14. The number of aliphatic hydroxyl groups is 1. The van der Waals surface area contributed by atoms with Gasteiger partial charge in [0.25, 0.3) is 0 Å². The van der Waals surface area contributed by atoms with Crippen LogP contribution < -0.4 is 0 Å². The number of thiophene rings is 1. The molecule has 2 heterocycles. The zero-order valence-electron chi connectivity index (χ0n) is 15.4. The van der Waals surface area contributed by atoms with Gasteiger partial charge in [-0.3, -0.25) is 0 Å². The molecule has 1 aliphatic rings. The first-order valence-electron chi connectivity index (χ1n) is 9.11. The van der Waals surface area contributed by atoms with Crippen LogP contribution in [0.3, 0.4) is 0 Å². The summed E-state index contributed by atoms with van der Waals surface area (Å²) in [7, 11) is 0. The molecule has 28 heavy (non-hydrogen) atoms. The number of fused-ring (bicyclic) bond motifs is 2. The van der Waals surface area contributed by atoms with Gasteiger partial charge in [-0.2, -0.15) is 5.26 Å². The number of para-hydroxylation sites is 2. The van der Waals surface area contributed by atoms with Gasteiger partial charge in [0, 0.05) is 4.88 Å². The quantitative estimate of drug-likeness (QED) is 0.389. The number of hydrogen-bond acceptors (Lipinski definition) is 6. The van der Waals surface area contributed by atoms with E-state index in [0.717, 1.165) is 24.8 Å². The summed E-state index contributed by atoms with van der Waals surface area (Å²) in [5, 5.41) is 19.7. The largest absolute Gasteiger partial charge is 0.507 e. The predicted molar refractivity (Wildman–Crippen MR) is 107 cm³/mol. The first kappa shape index (κ1) is 18.3. The van der Waals surface area contributed by atoms with Crippen LogP contribution in [0.15, 0.2) is 36.1 Å². The molecule has 1 aromatic carbocycles. The molecule has 0 aliphatic heterocycles. The Bertz CT molecular complexity index is 1090. The van der Waals surface area contributed by atoms with E-state index in [1.807, 2.05) is 30.3 Å². The Hall–Kier alpha value is -3.11. The summed E-state index contributed by atoms with van der Waals surface area (Å²) in [4.78, 5) is 21.5. The van der Waals surface area contributed by atoms with E-state index in [1.54, 1.807) is 6.07 Å². The number of H-pyrrole nitrogens is 1. The van der Waals surface area contributed by atoms with Crippen molar-refractivity contribution < 1.29 is 14.6 Å². The number of aromatic nitrogens is 2. The van der Waals surface area contributed by atoms with Gasteiger partial charge in [0.2, 0.25) is 0 Å². The Kier molecular flexibility index (Phi) is 4.88. The topological polar surface area (TPSA) is 99.0 Å². The van der Waals surface area contributed by atoms with Crippen molar-refractivity contribution >= 4 is 33.9 Å². The highest BCUT2D eigenvalue weighted by Crippen LogP contribution is 2.32. The number of carbonyl (C=O) groups excluding carboxylic acids is 1. The Morgan fingerprint density at radius 1 is 1.46 bits per heavy atom. The Balaban J connectivity index is 1.50. The van der Waals surface area contributed by atoms with Crippen molar-refractivity contribution in [3.8, 4) is 6.07 Å².